The van der Waals surface area contributed by atoms with Gasteiger partial charge in [-0.3, -0.25) is 4.99 Å². The van der Waals surface area contributed by atoms with Gasteiger partial charge in [0.1, 0.15) is 5.82 Å². The maximum absolute atomic E-state index is 13.1. The van der Waals surface area contributed by atoms with E-state index in [-0.39, 0.29) is 35.7 Å². The standard InChI is InChI=1S/C18H26FN5O.HI/c1-12(2)17-23-16(25-24-17)8-10-22-18(20-4)21-9-7-14-5-6-15(19)11-13(14)3;/h5-6,11-12H,7-10H2,1-4H3,(H2,20,21,22);1H. The first-order valence-electron chi connectivity index (χ1n) is 8.51. The van der Waals surface area contributed by atoms with Crippen LogP contribution in [0.25, 0.3) is 0 Å². The van der Waals surface area contributed by atoms with Gasteiger partial charge in [0.2, 0.25) is 5.89 Å². The molecule has 0 spiro atoms. The second-order valence-corrected chi connectivity index (χ2v) is 6.20. The van der Waals surface area contributed by atoms with Crippen molar-refractivity contribution in [3.63, 3.8) is 0 Å². The van der Waals surface area contributed by atoms with Gasteiger partial charge in [-0.25, -0.2) is 4.39 Å². The quantitative estimate of drug-likeness (QED) is 0.366. The minimum absolute atomic E-state index is 0. The SMILES string of the molecule is CN=C(NCCc1nc(C(C)C)no1)NCCc1ccc(F)cc1C.I. The fourth-order valence-electron chi connectivity index (χ4n) is 2.37. The Labute approximate surface area is 171 Å². The monoisotopic (exact) mass is 475 g/mol. The molecule has 0 amide bonds. The predicted octanol–water partition coefficient (Wildman–Crippen LogP) is 3.21. The predicted molar refractivity (Wildman–Crippen MR) is 112 cm³/mol. The van der Waals surface area contributed by atoms with Crippen molar-refractivity contribution in [3.8, 4) is 0 Å². The number of rotatable bonds is 7. The molecule has 2 aromatic rings. The summed E-state index contributed by atoms with van der Waals surface area (Å²) in [4.78, 5) is 8.53. The lowest BCUT2D eigenvalue weighted by molar-refractivity contribution is 0.371. The van der Waals surface area contributed by atoms with Gasteiger partial charge in [-0.15, -0.1) is 24.0 Å². The van der Waals surface area contributed by atoms with Crippen LogP contribution in [0.15, 0.2) is 27.7 Å². The highest BCUT2D eigenvalue weighted by atomic mass is 127. The Morgan fingerprint density at radius 2 is 1.92 bits per heavy atom. The number of aromatic nitrogens is 2. The summed E-state index contributed by atoms with van der Waals surface area (Å²) in [5, 5.41) is 10.4. The van der Waals surface area contributed by atoms with Crippen LogP contribution < -0.4 is 10.6 Å². The van der Waals surface area contributed by atoms with Crippen LogP contribution in [-0.2, 0) is 12.8 Å². The molecule has 0 saturated carbocycles. The summed E-state index contributed by atoms with van der Waals surface area (Å²) in [6.45, 7) is 7.34. The average molecular weight is 475 g/mol. The molecule has 0 unspecified atom stereocenters. The molecule has 0 atom stereocenters. The number of benzene rings is 1. The molecule has 1 aromatic carbocycles. The van der Waals surface area contributed by atoms with Crippen LogP contribution in [0.4, 0.5) is 4.39 Å². The largest absolute Gasteiger partial charge is 0.356 e. The van der Waals surface area contributed by atoms with Crippen LogP contribution in [0, 0.1) is 12.7 Å². The molecule has 2 rings (SSSR count). The molecule has 8 heteroatoms. The molecular weight excluding hydrogens is 448 g/mol. The van der Waals surface area contributed by atoms with Gasteiger partial charge in [0.05, 0.1) is 0 Å². The lowest BCUT2D eigenvalue weighted by Gasteiger charge is -2.12. The summed E-state index contributed by atoms with van der Waals surface area (Å²) >= 11 is 0. The summed E-state index contributed by atoms with van der Waals surface area (Å²) < 4.78 is 18.3. The van der Waals surface area contributed by atoms with E-state index >= 15 is 0 Å². The Balaban J connectivity index is 0.00000338. The zero-order chi connectivity index (χ0) is 18.2. The molecule has 0 aliphatic heterocycles. The zero-order valence-electron chi connectivity index (χ0n) is 15.7. The minimum atomic E-state index is -0.201. The van der Waals surface area contributed by atoms with Gasteiger partial charge in [-0.1, -0.05) is 25.1 Å². The Kier molecular flexibility index (Phi) is 9.53. The second kappa shape index (κ2) is 11.1. The van der Waals surface area contributed by atoms with Crippen molar-refractivity contribution < 1.29 is 8.91 Å². The molecule has 0 aliphatic rings. The first kappa shape index (κ1) is 22.3. The molecule has 0 aliphatic carbocycles. The fraction of sp³-hybridized carbons (Fsp3) is 0.500. The summed E-state index contributed by atoms with van der Waals surface area (Å²) in [6.07, 6.45) is 1.44. The molecule has 144 valence electrons. The summed E-state index contributed by atoms with van der Waals surface area (Å²) in [7, 11) is 1.72. The van der Waals surface area contributed by atoms with E-state index in [1.54, 1.807) is 13.1 Å². The fourth-order valence-corrected chi connectivity index (χ4v) is 2.37. The van der Waals surface area contributed by atoms with Crippen LogP contribution in [-0.4, -0.2) is 36.2 Å². The normalized spacial score (nSPS) is 11.4. The van der Waals surface area contributed by atoms with Crippen LogP contribution in [0.5, 0.6) is 0 Å². The Morgan fingerprint density at radius 3 is 2.50 bits per heavy atom. The van der Waals surface area contributed by atoms with Gasteiger partial charge in [-0.05, 0) is 36.6 Å². The average Bonchev–Trinajstić information content (AvgIpc) is 3.04. The molecule has 6 nitrogen and oxygen atoms in total. The maximum Gasteiger partial charge on any atom is 0.228 e. The number of hydrogen-bond donors (Lipinski definition) is 2. The number of guanidine groups is 1. The third kappa shape index (κ3) is 6.89. The van der Waals surface area contributed by atoms with E-state index in [1.165, 1.54) is 6.07 Å². The van der Waals surface area contributed by atoms with Crippen LogP contribution in [0.1, 0.15) is 42.6 Å². The third-order valence-corrected chi connectivity index (χ3v) is 3.85. The van der Waals surface area contributed by atoms with E-state index in [2.05, 4.69) is 25.8 Å². The topological polar surface area (TPSA) is 75.3 Å². The summed E-state index contributed by atoms with van der Waals surface area (Å²) in [5.41, 5.74) is 2.08. The highest BCUT2D eigenvalue weighted by Gasteiger charge is 2.09. The second-order valence-electron chi connectivity index (χ2n) is 6.20. The molecule has 0 radical (unpaired) electrons. The van der Waals surface area contributed by atoms with Gasteiger partial charge >= 0.3 is 0 Å². The molecule has 0 fully saturated rings. The van der Waals surface area contributed by atoms with E-state index in [1.807, 2.05) is 26.8 Å². The lowest BCUT2D eigenvalue weighted by atomic mass is 10.1. The van der Waals surface area contributed by atoms with E-state index < -0.39 is 0 Å². The van der Waals surface area contributed by atoms with E-state index in [9.17, 15) is 4.39 Å². The van der Waals surface area contributed by atoms with Crippen molar-refractivity contribution in [2.75, 3.05) is 20.1 Å². The van der Waals surface area contributed by atoms with Crippen molar-refractivity contribution in [2.45, 2.75) is 39.5 Å². The number of halogens is 2. The molecule has 26 heavy (non-hydrogen) atoms. The van der Waals surface area contributed by atoms with Gasteiger partial charge in [0, 0.05) is 32.5 Å². The Morgan fingerprint density at radius 1 is 1.23 bits per heavy atom. The zero-order valence-corrected chi connectivity index (χ0v) is 18.0. The summed E-state index contributed by atoms with van der Waals surface area (Å²) in [5.74, 6) is 2.12. The highest BCUT2D eigenvalue weighted by Crippen LogP contribution is 2.10. The smallest absolute Gasteiger partial charge is 0.228 e. The first-order chi connectivity index (χ1) is 12.0. The Bertz CT molecular complexity index is 717. The first-order valence-corrected chi connectivity index (χ1v) is 8.51. The Hall–Kier alpha value is -1.71. The maximum atomic E-state index is 13.1. The molecule has 1 heterocycles. The number of aryl methyl sites for hydroxylation is 1. The molecule has 2 N–H and O–H groups in total. The number of aliphatic imine (C=N–C) groups is 1. The number of hydrogen-bond acceptors (Lipinski definition) is 4. The molecule has 0 saturated heterocycles. The van der Waals surface area contributed by atoms with Gasteiger partial charge < -0.3 is 15.2 Å². The van der Waals surface area contributed by atoms with Crippen molar-refractivity contribution in [2.24, 2.45) is 4.99 Å². The number of nitrogens with zero attached hydrogens (tertiary/aromatic N) is 3. The van der Waals surface area contributed by atoms with Gasteiger partial charge in [-0.2, -0.15) is 4.98 Å². The molecule has 1 aromatic heterocycles. The van der Waals surface area contributed by atoms with Crippen LogP contribution in [0.2, 0.25) is 0 Å². The van der Waals surface area contributed by atoms with Gasteiger partial charge in [0.15, 0.2) is 11.8 Å². The van der Waals surface area contributed by atoms with Crippen molar-refractivity contribution in [1.29, 1.82) is 0 Å². The summed E-state index contributed by atoms with van der Waals surface area (Å²) in [6, 6.07) is 4.87. The van der Waals surface area contributed by atoms with E-state index in [0.29, 0.717) is 31.4 Å². The van der Waals surface area contributed by atoms with Crippen molar-refractivity contribution >= 4 is 29.9 Å². The van der Waals surface area contributed by atoms with E-state index in [0.717, 1.165) is 23.4 Å². The van der Waals surface area contributed by atoms with Crippen molar-refractivity contribution in [1.82, 2.24) is 20.8 Å². The van der Waals surface area contributed by atoms with Crippen molar-refractivity contribution in [3.05, 3.63) is 46.9 Å². The van der Waals surface area contributed by atoms with E-state index in [4.69, 9.17) is 4.52 Å². The minimum Gasteiger partial charge on any atom is -0.356 e. The number of nitrogens with one attached hydrogen (secondary N) is 2. The molecular formula is C18H27FIN5O. The van der Waals surface area contributed by atoms with Gasteiger partial charge in [0.25, 0.3) is 0 Å². The third-order valence-electron chi connectivity index (χ3n) is 3.85. The highest BCUT2D eigenvalue weighted by molar-refractivity contribution is 14.0. The van der Waals surface area contributed by atoms with Crippen LogP contribution >= 0.6 is 24.0 Å². The van der Waals surface area contributed by atoms with Crippen LogP contribution in [0.3, 0.4) is 0 Å². The lowest BCUT2D eigenvalue weighted by Crippen LogP contribution is -2.39. The molecule has 0 bridgehead atoms.